The monoisotopic (exact) mass is 246 g/mol. The topological polar surface area (TPSA) is 58.1 Å². The number of carbonyl (C=O) groups excluding carboxylic acids is 1. The molecule has 1 N–H and O–H groups in total. The Labute approximate surface area is 107 Å². The van der Waals surface area contributed by atoms with Gasteiger partial charge in [0.25, 0.3) is 0 Å². The van der Waals surface area contributed by atoms with Crippen LogP contribution in [0.5, 0.6) is 0 Å². The molecule has 1 fully saturated rings. The third-order valence-corrected chi connectivity index (χ3v) is 3.20. The lowest BCUT2D eigenvalue weighted by Gasteiger charge is -2.31. The summed E-state index contributed by atoms with van der Waals surface area (Å²) >= 11 is 0. The highest BCUT2D eigenvalue weighted by Crippen LogP contribution is 2.19. The molecule has 1 saturated heterocycles. The highest BCUT2D eigenvalue weighted by molar-refractivity contribution is 5.86. The number of hydrogen-bond donors (Lipinski definition) is 1. The lowest BCUT2D eigenvalue weighted by atomic mass is 9.97. The fraction of sp³-hybridized carbons (Fsp3) is 0.462. The van der Waals surface area contributed by atoms with Crippen LogP contribution in [0.1, 0.15) is 12.8 Å². The summed E-state index contributed by atoms with van der Waals surface area (Å²) in [6.45, 7) is 6.06. The summed E-state index contributed by atoms with van der Waals surface area (Å²) in [5.74, 6) is 1.24. The molecular formula is C13H18N4O. The van der Waals surface area contributed by atoms with Crippen molar-refractivity contribution in [1.29, 1.82) is 0 Å². The average molecular weight is 246 g/mol. The minimum atomic E-state index is -0.0937. The lowest BCUT2D eigenvalue weighted by Crippen LogP contribution is -2.39. The van der Waals surface area contributed by atoms with Crippen molar-refractivity contribution in [2.75, 3.05) is 24.5 Å². The second kappa shape index (κ2) is 6.14. The number of hydrogen-bond acceptors (Lipinski definition) is 4. The Balaban J connectivity index is 1.78. The molecule has 5 nitrogen and oxygen atoms in total. The number of rotatable bonds is 4. The summed E-state index contributed by atoms with van der Waals surface area (Å²) in [5.41, 5.74) is 0. The molecule has 2 heterocycles. The van der Waals surface area contributed by atoms with E-state index in [1.54, 1.807) is 12.4 Å². The van der Waals surface area contributed by atoms with Gasteiger partial charge < -0.3 is 10.2 Å². The Bertz CT molecular complexity index is 399. The first-order valence-electron chi connectivity index (χ1n) is 6.22. The Kier molecular flexibility index (Phi) is 4.28. The summed E-state index contributed by atoms with van der Waals surface area (Å²) < 4.78 is 0. The molecule has 0 unspecified atom stereocenters. The number of nitrogens with zero attached hydrogens (tertiary/aromatic N) is 3. The maximum absolute atomic E-state index is 11.1. The maximum Gasteiger partial charge on any atom is 0.243 e. The van der Waals surface area contributed by atoms with E-state index >= 15 is 0 Å². The van der Waals surface area contributed by atoms with E-state index in [0.717, 1.165) is 38.4 Å². The molecule has 0 bridgehead atoms. The van der Waals surface area contributed by atoms with Crippen molar-refractivity contribution in [2.24, 2.45) is 5.92 Å². The molecular weight excluding hydrogens is 228 g/mol. The number of anilines is 1. The van der Waals surface area contributed by atoms with Crippen LogP contribution in [0.4, 0.5) is 5.95 Å². The molecule has 2 rings (SSSR count). The maximum atomic E-state index is 11.1. The summed E-state index contributed by atoms with van der Waals surface area (Å²) in [4.78, 5) is 21.8. The number of aromatic nitrogens is 2. The molecule has 0 radical (unpaired) electrons. The molecule has 96 valence electrons. The Morgan fingerprint density at radius 1 is 1.44 bits per heavy atom. The van der Waals surface area contributed by atoms with Crippen molar-refractivity contribution in [3.05, 3.63) is 31.1 Å². The van der Waals surface area contributed by atoms with Crippen molar-refractivity contribution in [2.45, 2.75) is 12.8 Å². The van der Waals surface area contributed by atoms with E-state index in [9.17, 15) is 4.79 Å². The van der Waals surface area contributed by atoms with E-state index in [1.165, 1.54) is 6.08 Å². The van der Waals surface area contributed by atoms with Crippen molar-refractivity contribution in [1.82, 2.24) is 15.3 Å². The van der Waals surface area contributed by atoms with Crippen LogP contribution >= 0.6 is 0 Å². The van der Waals surface area contributed by atoms with Gasteiger partial charge in [0, 0.05) is 32.0 Å². The smallest absolute Gasteiger partial charge is 0.243 e. The minimum absolute atomic E-state index is 0.0937. The van der Waals surface area contributed by atoms with Crippen molar-refractivity contribution in [3.8, 4) is 0 Å². The third-order valence-electron chi connectivity index (χ3n) is 3.20. The van der Waals surface area contributed by atoms with E-state index in [1.807, 2.05) is 6.07 Å². The van der Waals surface area contributed by atoms with Crippen LogP contribution in [-0.4, -0.2) is 35.5 Å². The predicted molar refractivity (Wildman–Crippen MR) is 70.2 cm³/mol. The molecule has 1 amide bonds. The van der Waals surface area contributed by atoms with Crippen LogP contribution < -0.4 is 10.2 Å². The highest BCUT2D eigenvalue weighted by atomic mass is 16.1. The summed E-state index contributed by atoms with van der Waals surface area (Å²) in [7, 11) is 0. The van der Waals surface area contributed by atoms with Gasteiger partial charge in [0.2, 0.25) is 11.9 Å². The molecule has 0 spiro atoms. The normalized spacial score (nSPS) is 16.3. The first kappa shape index (κ1) is 12.5. The summed E-state index contributed by atoms with van der Waals surface area (Å²) in [6, 6.07) is 1.82. The Morgan fingerprint density at radius 3 is 2.72 bits per heavy atom. The standard InChI is InChI=1S/C13H18N4O/c1-2-12(18)16-10-11-4-8-17(9-5-11)13-14-6-3-7-15-13/h2-3,6-7,11H,1,4-5,8-10H2,(H,16,18). The van der Waals surface area contributed by atoms with Crippen LogP contribution in [-0.2, 0) is 4.79 Å². The zero-order chi connectivity index (χ0) is 12.8. The number of piperidine rings is 1. The van der Waals surface area contributed by atoms with Crippen LogP contribution in [0.25, 0.3) is 0 Å². The van der Waals surface area contributed by atoms with Crippen molar-refractivity contribution < 1.29 is 4.79 Å². The van der Waals surface area contributed by atoms with Crippen LogP contribution in [0.2, 0.25) is 0 Å². The van der Waals surface area contributed by atoms with E-state index in [-0.39, 0.29) is 5.91 Å². The van der Waals surface area contributed by atoms with Crippen LogP contribution in [0.3, 0.4) is 0 Å². The molecule has 0 aliphatic carbocycles. The first-order valence-corrected chi connectivity index (χ1v) is 6.22. The molecule has 1 aliphatic heterocycles. The molecule has 1 aromatic rings. The van der Waals surface area contributed by atoms with Gasteiger partial charge in [-0.1, -0.05) is 6.58 Å². The molecule has 0 aromatic carbocycles. The predicted octanol–water partition coefficient (Wildman–Crippen LogP) is 0.995. The second-order valence-electron chi connectivity index (χ2n) is 4.43. The van der Waals surface area contributed by atoms with E-state index < -0.39 is 0 Å². The number of amides is 1. The zero-order valence-electron chi connectivity index (χ0n) is 10.4. The van der Waals surface area contributed by atoms with Crippen molar-refractivity contribution in [3.63, 3.8) is 0 Å². The zero-order valence-corrected chi connectivity index (χ0v) is 10.4. The van der Waals surface area contributed by atoms with E-state index in [4.69, 9.17) is 0 Å². The molecule has 0 atom stereocenters. The number of carbonyl (C=O) groups is 1. The minimum Gasteiger partial charge on any atom is -0.352 e. The van der Waals surface area contributed by atoms with Gasteiger partial charge in [0.1, 0.15) is 0 Å². The molecule has 5 heteroatoms. The fourth-order valence-corrected chi connectivity index (χ4v) is 2.11. The van der Waals surface area contributed by atoms with Gasteiger partial charge in [-0.05, 0) is 30.9 Å². The lowest BCUT2D eigenvalue weighted by molar-refractivity contribution is -0.116. The summed E-state index contributed by atoms with van der Waals surface area (Å²) in [5, 5.41) is 2.85. The third kappa shape index (κ3) is 3.29. The Hall–Kier alpha value is -1.91. The van der Waals surface area contributed by atoms with Crippen molar-refractivity contribution >= 4 is 11.9 Å². The van der Waals surface area contributed by atoms with Crippen LogP contribution in [0.15, 0.2) is 31.1 Å². The molecule has 18 heavy (non-hydrogen) atoms. The van der Waals surface area contributed by atoms with Gasteiger partial charge in [0.15, 0.2) is 0 Å². The van der Waals surface area contributed by atoms with Crippen LogP contribution in [0, 0.1) is 5.92 Å². The molecule has 1 aliphatic rings. The SMILES string of the molecule is C=CC(=O)NCC1CCN(c2ncccn2)CC1. The number of nitrogens with one attached hydrogen (secondary N) is 1. The van der Waals surface area contributed by atoms with E-state index in [0.29, 0.717) is 5.92 Å². The second-order valence-corrected chi connectivity index (χ2v) is 4.43. The quantitative estimate of drug-likeness (QED) is 0.805. The molecule has 1 aromatic heterocycles. The van der Waals surface area contributed by atoms with Gasteiger partial charge in [-0.15, -0.1) is 0 Å². The van der Waals surface area contributed by atoms with E-state index in [2.05, 4.69) is 26.8 Å². The largest absolute Gasteiger partial charge is 0.352 e. The summed E-state index contributed by atoms with van der Waals surface area (Å²) in [6.07, 6.45) is 6.94. The van der Waals surface area contributed by atoms with Gasteiger partial charge in [0.05, 0.1) is 0 Å². The van der Waals surface area contributed by atoms with Gasteiger partial charge in [-0.3, -0.25) is 4.79 Å². The first-order chi connectivity index (χ1) is 8.79. The Morgan fingerprint density at radius 2 is 2.11 bits per heavy atom. The average Bonchev–Trinajstić information content (AvgIpc) is 2.46. The highest BCUT2D eigenvalue weighted by Gasteiger charge is 2.20. The van der Waals surface area contributed by atoms with Gasteiger partial charge >= 0.3 is 0 Å². The fourth-order valence-electron chi connectivity index (χ4n) is 2.11. The van der Waals surface area contributed by atoms with Gasteiger partial charge in [-0.25, -0.2) is 9.97 Å². The van der Waals surface area contributed by atoms with Gasteiger partial charge in [-0.2, -0.15) is 0 Å². The molecule has 0 saturated carbocycles.